The number of sulfonamides is 1. The van der Waals surface area contributed by atoms with Gasteiger partial charge in [0.05, 0.1) is 11.0 Å². The minimum Gasteiger partial charge on any atom is -0.460 e. The van der Waals surface area contributed by atoms with Crippen molar-refractivity contribution in [3.05, 3.63) is 64.1 Å². The van der Waals surface area contributed by atoms with Gasteiger partial charge in [-0.05, 0) is 48.9 Å². The topological polar surface area (TPSA) is 92.7 Å². The normalized spacial score (nSPS) is 13.8. The van der Waals surface area contributed by atoms with Gasteiger partial charge < -0.3 is 9.84 Å². The number of rotatable bonds is 7. The van der Waals surface area contributed by atoms with E-state index in [1.165, 1.54) is 31.2 Å². The number of hydrogen-bond acceptors (Lipinski definition) is 5. The Labute approximate surface area is 161 Å². The van der Waals surface area contributed by atoms with Crippen LogP contribution < -0.4 is 4.72 Å². The lowest BCUT2D eigenvalue weighted by Crippen LogP contribution is -2.48. The quantitative estimate of drug-likeness (QED) is 0.675. The van der Waals surface area contributed by atoms with E-state index in [1.54, 1.807) is 24.3 Å². The van der Waals surface area contributed by atoms with E-state index in [0.29, 0.717) is 15.6 Å². The highest BCUT2D eigenvalue weighted by atomic mass is 35.5. The highest BCUT2D eigenvalue weighted by molar-refractivity contribution is 7.89. The number of carbonyl (C=O) groups excluding carboxylic acids is 1. The van der Waals surface area contributed by atoms with Crippen LogP contribution in [0.25, 0.3) is 0 Å². The Morgan fingerprint density at radius 1 is 1.08 bits per heavy atom. The van der Waals surface area contributed by atoms with Crippen LogP contribution in [0.1, 0.15) is 12.5 Å². The fourth-order valence-electron chi connectivity index (χ4n) is 2.02. The standard InChI is InChI=1S/C17H17Cl2NO5S/c1-11(21)16(17(22)25-10-12-2-4-13(18)5-3-12)20-26(23,24)15-8-6-14(19)7-9-15/h2-9,11,16,20-21H,10H2,1H3. The Bertz CT molecular complexity index is 852. The van der Waals surface area contributed by atoms with Gasteiger partial charge >= 0.3 is 5.97 Å². The molecule has 0 aromatic heterocycles. The first-order chi connectivity index (χ1) is 12.2. The summed E-state index contributed by atoms with van der Waals surface area (Å²) in [5.41, 5.74) is 0.674. The van der Waals surface area contributed by atoms with Crippen molar-refractivity contribution in [2.75, 3.05) is 0 Å². The van der Waals surface area contributed by atoms with Gasteiger partial charge in [-0.25, -0.2) is 8.42 Å². The van der Waals surface area contributed by atoms with Crippen molar-refractivity contribution in [1.82, 2.24) is 4.72 Å². The maximum atomic E-state index is 12.4. The van der Waals surface area contributed by atoms with Crippen LogP contribution in [0.2, 0.25) is 10.0 Å². The van der Waals surface area contributed by atoms with E-state index in [2.05, 4.69) is 4.72 Å². The molecule has 26 heavy (non-hydrogen) atoms. The first kappa shape index (κ1) is 20.7. The van der Waals surface area contributed by atoms with E-state index >= 15 is 0 Å². The molecule has 0 aliphatic rings. The molecule has 0 aliphatic heterocycles. The SMILES string of the molecule is CC(O)C(NS(=O)(=O)c1ccc(Cl)cc1)C(=O)OCc1ccc(Cl)cc1. The van der Waals surface area contributed by atoms with Gasteiger partial charge in [-0.1, -0.05) is 35.3 Å². The van der Waals surface area contributed by atoms with Crippen LogP contribution >= 0.6 is 23.2 Å². The molecule has 2 rings (SSSR count). The maximum absolute atomic E-state index is 12.4. The lowest BCUT2D eigenvalue weighted by atomic mass is 10.2. The number of aliphatic hydroxyl groups is 1. The summed E-state index contributed by atoms with van der Waals surface area (Å²) in [6, 6.07) is 10.6. The highest BCUT2D eigenvalue weighted by Crippen LogP contribution is 2.15. The Morgan fingerprint density at radius 2 is 1.58 bits per heavy atom. The molecule has 2 N–H and O–H groups in total. The average molecular weight is 418 g/mol. The van der Waals surface area contributed by atoms with Crippen LogP contribution in [-0.2, 0) is 26.2 Å². The van der Waals surface area contributed by atoms with Gasteiger partial charge in [0.15, 0.2) is 0 Å². The lowest BCUT2D eigenvalue weighted by molar-refractivity contribution is -0.149. The predicted octanol–water partition coefficient (Wildman–Crippen LogP) is 2.76. The van der Waals surface area contributed by atoms with E-state index in [-0.39, 0.29) is 11.5 Å². The third-order valence-corrected chi connectivity index (χ3v) is 5.40. The first-order valence-corrected chi connectivity index (χ1v) is 9.80. The van der Waals surface area contributed by atoms with Gasteiger partial charge in [0, 0.05) is 10.0 Å². The number of benzene rings is 2. The molecule has 2 aromatic carbocycles. The zero-order valence-corrected chi connectivity index (χ0v) is 16.1. The molecule has 2 atom stereocenters. The molecule has 6 nitrogen and oxygen atoms in total. The van der Waals surface area contributed by atoms with Crippen LogP contribution in [0, 0.1) is 0 Å². The van der Waals surface area contributed by atoms with Gasteiger partial charge in [0.2, 0.25) is 10.0 Å². The number of ether oxygens (including phenoxy) is 1. The van der Waals surface area contributed by atoms with Gasteiger partial charge in [-0.3, -0.25) is 4.79 Å². The summed E-state index contributed by atoms with van der Waals surface area (Å²) >= 11 is 11.5. The molecule has 0 aliphatic carbocycles. The molecule has 0 spiro atoms. The molecule has 0 radical (unpaired) electrons. The molecule has 0 saturated carbocycles. The Kier molecular flexibility index (Phi) is 7.02. The maximum Gasteiger partial charge on any atom is 0.327 e. The minimum absolute atomic E-state index is 0.0815. The highest BCUT2D eigenvalue weighted by Gasteiger charge is 2.31. The molecule has 0 amide bonds. The summed E-state index contributed by atoms with van der Waals surface area (Å²) in [5, 5.41) is 10.7. The fourth-order valence-corrected chi connectivity index (χ4v) is 3.53. The lowest BCUT2D eigenvalue weighted by Gasteiger charge is -2.20. The van der Waals surface area contributed by atoms with Crippen molar-refractivity contribution in [1.29, 1.82) is 0 Å². The number of hydrogen-bond donors (Lipinski definition) is 2. The van der Waals surface area contributed by atoms with Crippen LogP contribution in [0.5, 0.6) is 0 Å². The summed E-state index contributed by atoms with van der Waals surface area (Å²) in [7, 11) is -4.04. The van der Waals surface area contributed by atoms with Crippen LogP contribution in [-0.4, -0.2) is 31.6 Å². The van der Waals surface area contributed by atoms with E-state index in [0.717, 1.165) is 0 Å². The van der Waals surface area contributed by atoms with Crippen molar-refractivity contribution >= 4 is 39.2 Å². The second kappa shape index (κ2) is 8.83. The summed E-state index contributed by atoms with van der Waals surface area (Å²) in [6.45, 7) is 1.21. The number of carbonyl (C=O) groups is 1. The molecule has 0 fully saturated rings. The van der Waals surface area contributed by atoms with Crippen LogP contribution in [0.4, 0.5) is 0 Å². The van der Waals surface area contributed by atoms with Gasteiger partial charge in [0.1, 0.15) is 12.6 Å². The monoisotopic (exact) mass is 417 g/mol. The molecule has 2 unspecified atom stereocenters. The zero-order valence-electron chi connectivity index (χ0n) is 13.7. The third kappa shape index (κ3) is 5.69. The van der Waals surface area contributed by atoms with E-state index in [9.17, 15) is 18.3 Å². The molecule has 140 valence electrons. The van der Waals surface area contributed by atoms with Crippen molar-refractivity contribution in [2.24, 2.45) is 0 Å². The van der Waals surface area contributed by atoms with Crippen LogP contribution in [0.15, 0.2) is 53.4 Å². The smallest absolute Gasteiger partial charge is 0.327 e. The second-order valence-electron chi connectivity index (χ2n) is 5.53. The summed E-state index contributed by atoms with van der Waals surface area (Å²) < 4.78 is 32.0. The number of nitrogens with one attached hydrogen (secondary N) is 1. The largest absolute Gasteiger partial charge is 0.460 e. The van der Waals surface area contributed by atoms with Crippen molar-refractivity contribution in [3.63, 3.8) is 0 Å². The van der Waals surface area contributed by atoms with Crippen molar-refractivity contribution < 1.29 is 23.1 Å². The van der Waals surface area contributed by atoms with Crippen LogP contribution in [0.3, 0.4) is 0 Å². The van der Waals surface area contributed by atoms with Gasteiger partial charge in [0.25, 0.3) is 0 Å². The van der Waals surface area contributed by atoms with E-state index in [4.69, 9.17) is 27.9 Å². The first-order valence-electron chi connectivity index (χ1n) is 7.56. The third-order valence-electron chi connectivity index (χ3n) is 3.44. The fraction of sp³-hybridized carbons (Fsp3) is 0.235. The second-order valence-corrected chi connectivity index (χ2v) is 8.11. The molecule has 0 heterocycles. The van der Waals surface area contributed by atoms with Gasteiger partial charge in [-0.15, -0.1) is 0 Å². The summed E-state index contributed by atoms with van der Waals surface area (Å²) in [5.74, 6) is -0.896. The zero-order chi connectivity index (χ0) is 19.3. The Balaban J connectivity index is 2.08. The predicted molar refractivity (Wildman–Crippen MR) is 98.5 cm³/mol. The van der Waals surface area contributed by atoms with Crippen molar-refractivity contribution in [2.45, 2.75) is 30.6 Å². The minimum atomic E-state index is -4.04. The van der Waals surface area contributed by atoms with Gasteiger partial charge in [-0.2, -0.15) is 4.72 Å². The van der Waals surface area contributed by atoms with E-state index in [1.807, 2.05) is 0 Å². The molecule has 9 heteroatoms. The Hall–Kier alpha value is -1.64. The summed E-state index contributed by atoms with van der Waals surface area (Å²) in [4.78, 5) is 12.1. The van der Waals surface area contributed by atoms with Crippen molar-refractivity contribution in [3.8, 4) is 0 Å². The molecule has 2 aromatic rings. The molecule has 0 bridgehead atoms. The van der Waals surface area contributed by atoms with E-state index < -0.39 is 28.1 Å². The Morgan fingerprint density at radius 3 is 2.08 bits per heavy atom. The number of halogens is 2. The molecule has 0 saturated heterocycles. The summed E-state index contributed by atoms with van der Waals surface area (Å²) in [6.07, 6.45) is -1.30. The average Bonchev–Trinajstić information content (AvgIpc) is 2.59. The molecular formula is C17H17Cl2NO5S. The number of esters is 1. The molecular weight excluding hydrogens is 401 g/mol. The number of aliphatic hydroxyl groups excluding tert-OH is 1.